The van der Waals surface area contributed by atoms with Crippen LogP contribution in [0.3, 0.4) is 0 Å². The summed E-state index contributed by atoms with van der Waals surface area (Å²) in [6.07, 6.45) is 10.9. The maximum atomic E-state index is 6.82. The molecule has 0 aliphatic carbocycles. The number of para-hydroxylation sites is 1. The topological polar surface area (TPSA) is 9.23 Å². The Labute approximate surface area is 190 Å². The van der Waals surface area contributed by atoms with Gasteiger partial charge in [-0.25, -0.2) is 0 Å². The van der Waals surface area contributed by atoms with E-state index in [-0.39, 0.29) is 12.4 Å². The average molecular weight is 455 g/mol. The van der Waals surface area contributed by atoms with Crippen LogP contribution in [0.15, 0.2) is 54.6 Å². The van der Waals surface area contributed by atoms with E-state index in [4.69, 9.17) is 16.1 Å². The Morgan fingerprint density at radius 2 is 1.45 bits per heavy atom. The van der Waals surface area contributed by atoms with Gasteiger partial charge in [-0.2, -0.15) is 0 Å². The molecule has 0 aromatic heterocycles. The van der Waals surface area contributed by atoms with E-state index in [9.17, 15) is 0 Å². The van der Waals surface area contributed by atoms with Crippen molar-refractivity contribution in [2.24, 2.45) is 5.92 Å². The molecule has 162 valence electrons. The minimum Gasteiger partial charge on any atom is -1.00 e. The molecule has 0 amide bonds. The van der Waals surface area contributed by atoms with Gasteiger partial charge in [-0.1, -0.05) is 87.7 Å². The van der Waals surface area contributed by atoms with E-state index in [1.165, 1.54) is 56.2 Å². The van der Waals surface area contributed by atoms with E-state index in [0.29, 0.717) is 5.92 Å². The highest BCUT2D eigenvalue weighted by atomic mass is 35.5. The molecule has 2 rings (SSSR count). The molecular formula is C25H37Cl2OP. The summed E-state index contributed by atoms with van der Waals surface area (Å²) >= 11 is 6.46. The van der Waals surface area contributed by atoms with Crippen molar-refractivity contribution in [2.75, 3.05) is 18.5 Å². The summed E-state index contributed by atoms with van der Waals surface area (Å²) in [6.45, 7) is 6.95. The molecule has 29 heavy (non-hydrogen) atoms. The Morgan fingerprint density at radius 1 is 0.862 bits per heavy atom. The minimum absolute atomic E-state index is 0. The average Bonchev–Trinajstić information content (AvgIpc) is 2.71. The number of hydrogen-bond acceptors (Lipinski definition) is 1. The molecule has 0 aliphatic heterocycles. The second-order valence-electron chi connectivity index (χ2n) is 8.04. The monoisotopic (exact) mass is 454 g/mol. The zero-order chi connectivity index (χ0) is 20.2. The molecule has 0 spiro atoms. The lowest BCUT2D eigenvalue weighted by Gasteiger charge is -2.28. The van der Waals surface area contributed by atoms with Crippen LogP contribution in [-0.4, -0.2) is 18.5 Å². The molecule has 0 saturated carbocycles. The van der Waals surface area contributed by atoms with Gasteiger partial charge in [0, 0.05) is 0 Å². The second kappa shape index (κ2) is 14.3. The molecule has 1 nitrogen and oxygen atoms in total. The molecule has 4 heteroatoms. The van der Waals surface area contributed by atoms with E-state index < -0.39 is 7.49 Å². The van der Waals surface area contributed by atoms with E-state index in [1.54, 1.807) is 0 Å². The summed E-state index contributed by atoms with van der Waals surface area (Å²) in [6, 6.07) is 18.9. The van der Waals surface area contributed by atoms with Crippen molar-refractivity contribution in [3.05, 3.63) is 65.2 Å². The maximum Gasteiger partial charge on any atom is 0.191 e. The van der Waals surface area contributed by atoms with Crippen molar-refractivity contribution in [1.82, 2.24) is 0 Å². The Bertz CT molecular complexity index is 670. The third-order valence-electron chi connectivity index (χ3n) is 5.42. The lowest BCUT2D eigenvalue weighted by Crippen LogP contribution is -3.00. The third-order valence-corrected chi connectivity index (χ3v) is 9.66. The van der Waals surface area contributed by atoms with Crippen molar-refractivity contribution in [2.45, 2.75) is 59.3 Å². The SMILES string of the molecule is CCCC[P+](CCCC)(CCC(C)Cc1ccccc1)Oc1ccccc1Cl.[Cl-]. The highest BCUT2D eigenvalue weighted by Crippen LogP contribution is 2.62. The van der Waals surface area contributed by atoms with Crippen LogP contribution >= 0.6 is 19.1 Å². The summed E-state index contributed by atoms with van der Waals surface area (Å²) in [5.74, 6) is 1.56. The predicted octanol–water partition coefficient (Wildman–Crippen LogP) is 5.52. The molecule has 1 atom stereocenters. The lowest BCUT2D eigenvalue weighted by atomic mass is 9.99. The first-order valence-electron chi connectivity index (χ1n) is 10.9. The van der Waals surface area contributed by atoms with E-state index >= 15 is 0 Å². The van der Waals surface area contributed by atoms with Crippen LogP contribution in [0.1, 0.15) is 58.4 Å². The molecule has 0 saturated heterocycles. The summed E-state index contributed by atoms with van der Waals surface area (Å²) in [5.41, 5.74) is 1.44. The van der Waals surface area contributed by atoms with Gasteiger partial charge in [-0.3, -0.25) is 0 Å². The molecular weight excluding hydrogens is 418 g/mol. The predicted molar refractivity (Wildman–Crippen MR) is 127 cm³/mol. The Morgan fingerprint density at radius 3 is 2.03 bits per heavy atom. The number of hydrogen-bond donors (Lipinski definition) is 0. The number of halogens is 2. The van der Waals surface area contributed by atoms with Crippen LogP contribution in [-0.2, 0) is 6.42 Å². The summed E-state index contributed by atoms with van der Waals surface area (Å²) in [5, 5.41) is 0.747. The van der Waals surface area contributed by atoms with Gasteiger partial charge >= 0.3 is 0 Å². The first-order chi connectivity index (χ1) is 13.6. The molecule has 0 N–H and O–H groups in total. The van der Waals surface area contributed by atoms with Crippen molar-refractivity contribution in [3.8, 4) is 5.75 Å². The van der Waals surface area contributed by atoms with Crippen molar-refractivity contribution in [1.29, 1.82) is 0 Å². The standard InChI is InChI=1S/C25H37ClOP.ClH/c1-4-6-18-28(19-7-5-2,27-25-16-12-11-15-24(25)26)20-17-22(3)21-23-13-9-8-10-14-23;/h8-16,22H,4-7,17-21H2,1-3H3;1H/q+1;/p-1. The molecule has 0 aliphatic rings. The zero-order valence-corrected chi connectivity index (χ0v) is 20.7. The lowest BCUT2D eigenvalue weighted by molar-refractivity contribution is -0.00000660. The maximum absolute atomic E-state index is 6.82. The summed E-state index contributed by atoms with van der Waals surface area (Å²) in [7, 11) is -1.52. The van der Waals surface area contributed by atoms with Gasteiger partial charge in [-0.05, 0) is 49.3 Å². The smallest absolute Gasteiger partial charge is 0.191 e. The third kappa shape index (κ3) is 9.29. The highest BCUT2D eigenvalue weighted by Gasteiger charge is 2.40. The van der Waals surface area contributed by atoms with Crippen LogP contribution in [0.5, 0.6) is 5.75 Å². The Hall–Kier alpha value is -0.750. The zero-order valence-electron chi connectivity index (χ0n) is 18.2. The number of unbranched alkanes of at least 4 members (excludes halogenated alkanes) is 2. The van der Waals surface area contributed by atoms with Crippen LogP contribution < -0.4 is 16.9 Å². The normalized spacial score (nSPS) is 12.3. The molecule has 1 unspecified atom stereocenters. The highest BCUT2D eigenvalue weighted by molar-refractivity contribution is 7.71. The molecule has 2 aromatic carbocycles. The van der Waals surface area contributed by atoms with Crippen molar-refractivity contribution in [3.63, 3.8) is 0 Å². The minimum atomic E-state index is -1.52. The van der Waals surface area contributed by atoms with Crippen molar-refractivity contribution < 1.29 is 16.9 Å². The first kappa shape index (κ1) is 26.3. The molecule has 0 bridgehead atoms. The molecule has 0 radical (unpaired) electrons. The molecule has 0 fully saturated rings. The van der Waals surface area contributed by atoms with Gasteiger partial charge in [0.15, 0.2) is 13.2 Å². The van der Waals surface area contributed by atoms with E-state index in [0.717, 1.165) is 17.2 Å². The quantitative estimate of drug-likeness (QED) is 0.361. The van der Waals surface area contributed by atoms with E-state index in [1.807, 2.05) is 24.3 Å². The number of rotatable bonds is 13. The fourth-order valence-electron chi connectivity index (χ4n) is 3.67. The Kier molecular flexibility index (Phi) is 13.0. The Balaban J connectivity index is 0.00000420. The van der Waals surface area contributed by atoms with Crippen LogP contribution in [0.4, 0.5) is 0 Å². The fraction of sp³-hybridized carbons (Fsp3) is 0.520. The van der Waals surface area contributed by atoms with Crippen LogP contribution in [0.25, 0.3) is 0 Å². The van der Waals surface area contributed by atoms with Gasteiger partial charge in [0.05, 0.1) is 23.5 Å². The van der Waals surface area contributed by atoms with Gasteiger partial charge < -0.3 is 16.9 Å². The largest absolute Gasteiger partial charge is 1.00 e. The first-order valence-corrected chi connectivity index (χ1v) is 13.6. The van der Waals surface area contributed by atoms with Gasteiger partial charge in [-0.15, -0.1) is 0 Å². The van der Waals surface area contributed by atoms with Crippen LogP contribution in [0, 0.1) is 5.92 Å². The van der Waals surface area contributed by atoms with Gasteiger partial charge in [0.25, 0.3) is 0 Å². The van der Waals surface area contributed by atoms with Crippen molar-refractivity contribution >= 4 is 19.1 Å². The van der Waals surface area contributed by atoms with Crippen LogP contribution in [0.2, 0.25) is 5.02 Å². The van der Waals surface area contributed by atoms with Gasteiger partial charge in [0.2, 0.25) is 0 Å². The molecule has 2 aromatic rings. The van der Waals surface area contributed by atoms with E-state index in [2.05, 4.69) is 51.1 Å². The van der Waals surface area contributed by atoms with Gasteiger partial charge in [0.1, 0.15) is 0 Å². The molecule has 0 heterocycles. The fourth-order valence-corrected chi connectivity index (χ4v) is 8.11. The summed E-state index contributed by atoms with van der Waals surface area (Å²) < 4.78 is 6.82. The second-order valence-corrected chi connectivity index (χ2v) is 12.1. The number of benzene rings is 2. The summed E-state index contributed by atoms with van der Waals surface area (Å²) in [4.78, 5) is 0.